The summed E-state index contributed by atoms with van der Waals surface area (Å²) in [6.45, 7) is 3.54. The highest BCUT2D eigenvalue weighted by Crippen LogP contribution is 2.32. The molecule has 0 saturated heterocycles. The molecule has 0 amide bonds. The molecule has 1 unspecified atom stereocenters. The summed E-state index contributed by atoms with van der Waals surface area (Å²) in [6, 6.07) is 9.75. The highest BCUT2D eigenvalue weighted by molar-refractivity contribution is 7.10. The maximum absolute atomic E-state index is 12.4. The van der Waals surface area contributed by atoms with Crippen molar-refractivity contribution in [1.29, 1.82) is 0 Å². The van der Waals surface area contributed by atoms with Crippen molar-refractivity contribution in [2.75, 3.05) is 13.1 Å². The number of fused-ring (bicyclic) bond motifs is 1. The first-order valence-electron chi connectivity index (χ1n) is 6.75. The number of hydrogen-bond donors (Lipinski definition) is 0. The minimum atomic E-state index is 0.0983. The number of ketones is 1. The second-order valence-electron chi connectivity index (χ2n) is 5.10. The summed E-state index contributed by atoms with van der Waals surface area (Å²) in [6.07, 6.45) is 1.03. The molecular weight excluding hydrogens is 290 g/mol. The van der Waals surface area contributed by atoms with Crippen LogP contribution in [0.1, 0.15) is 33.8 Å². The minimum Gasteiger partial charge on any atom is -0.293 e. The fourth-order valence-electron chi connectivity index (χ4n) is 2.73. The molecule has 1 aromatic heterocycles. The van der Waals surface area contributed by atoms with E-state index in [2.05, 4.69) is 23.3 Å². The molecule has 104 valence electrons. The maximum Gasteiger partial charge on any atom is 0.178 e. The highest BCUT2D eigenvalue weighted by atomic mass is 35.5. The quantitative estimate of drug-likeness (QED) is 0.792. The lowest BCUT2D eigenvalue weighted by Crippen LogP contribution is -2.37. The largest absolute Gasteiger partial charge is 0.293 e. The number of rotatable bonds is 3. The predicted octanol–water partition coefficient (Wildman–Crippen LogP) is 4.20. The highest BCUT2D eigenvalue weighted by Gasteiger charge is 2.26. The molecule has 2 nitrogen and oxygen atoms in total. The molecule has 0 bridgehead atoms. The summed E-state index contributed by atoms with van der Waals surface area (Å²) in [5, 5.41) is 2.68. The maximum atomic E-state index is 12.4. The average molecular weight is 306 g/mol. The molecule has 0 fully saturated rings. The molecule has 2 aromatic rings. The third-order valence-corrected chi connectivity index (χ3v) is 5.25. The summed E-state index contributed by atoms with van der Waals surface area (Å²) in [4.78, 5) is 16.1. The summed E-state index contributed by atoms with van der Waals surface area (Å²) in [5.74, 6) is 0.0983. The Morgan fingerprint density at radius 1 is 1.40 bits per heavy atom. The lowest BCUT2D eigenvalue weighted by Gasteiger charge is -2.33. The van der Waals surface area contributed by atoms with Crippen LogP contribution in [0.5, 0.6) is 0 Å². The molecule has 0 N–H and O–H groups in total. The van der Waals surface area contributed by atoms with Crippen molar-refractivity contribution in [1.82, 2.24) is 4.90 Å². The predicted molar refractivity (Wildman–Crippen MR) is 83.8 cm³/mol. The lowest BCUT2D eigenvalue weighted by molar-refractivity contribution is 0.0891. The Kier molecular flexibility index (Phi) is 3.92. The molecule has 1 aliphatic rings. The number of carbonyl (C=O) groups is 1. The van der Waals surface area contributed by atoms with Crippen molar-refractivity contribution >= 4 is 28.7 Å². The van der Waals surface area contributed by atoms with Crippen LogP contribution in [-0.2, 0) is 6.42 Å². The summed E-state index contributed by atoms with van der Waals surface area (Å²) < 4.78 is 0. The zero-order chi connectivity index (χ0) is 14.1. The Morgan fingerprint density at radius 3 is 3.00 bits per heavy atom. The minimum absolute atomic E-state index is 0.0983. The zero-order valence-electron chi connectivity index (χ0n) is 11.3. The van der Waals surface area contributed by atoms with E-state index in [4.69, 9.17) is 11.6 Å². The van der Waals surface area contributed by atoms with E-state index >= 15 is 0 Å². The van der Waals surface area contributed by atoms with Gasteiger partial charge in [0.1, 0.15) is 0 Å². The number of nitrogens with zero attached hydrogens (tertiary/aromatic N) is 1. The van der Waals surface area contributed by atoms with E-state index in [9.17, 15) is 4.79 Å². The zero-order valence-corrected chi connectivity index (χ0v) is 12.9. The van der Waals surface area contributed by atoms with Gasteiger partial charge in [0, 0.05) is 23.0 Å². The molecule has 1 aliphatic heterocycles. The van der Waals surface area contributed by atoms with Gasteiger partial charge in [0.25, 0.3) is 0 Å². The fourth-order valence-corrected chi connectivity index (χ4v) is 3.94. The number of Topliss-reactive ketones (excluding diaryl/α,β-unsaturated/α-hetero) is 1. The first kappa shape index (κ1) is 13.8. The molecule has 0 radical (unpaired) electrons. The summed E-state index contributed by atoms with van der Waals surface area (Å²) >= 11 is 7.92. The van der Waals surface area contributed by atoms with E-state index in [1.165, 1.54) is 10.4 Å². The molecular formula is C16H16ClNOS. The Balaban J connectivity index is 1.76. The van der Waals surface area contributed by atoms with Gasteiger partial charge in [0.05, 0.1) is 11.6 Å². The van der Waals surface area contributed by atoms with Gasteiger partial charge in [-0.15, -0.1) is 11.3 Å². The van der Waals surface area contributed by atoms with E-state index in [0.717, 1.165) is 13.0 Å². The Bertz CT molecular complexity index is 637. The molecule has 0 spiro atoms. The van der Waals surface area contributed by atoms with E-state index in [0.29, 0.717) is 23.2 Å². The number of thiophene rings is 1. The molecule has 3 rings (SSSR count). The number of carbonyl (C=O) groups excluding carboxylic acids is 1. The number of halogens is 1. The Labute approximate surface area is 128 Å². The number of hydrogen-bond acceptors (Lipinski definition) is 3. The number of benzene rings is 1. The van der Waals surface area contributed by atoms with Crippen molar-refractivity contribution in [2.45, 2.75) is 19.4 Å². The third kappa shape index (κ3) is 2.53. The monoisotopic (exact) mass is 305 g/mol. The van der Waals surface area contributed by atoms with Crippen LogP contribution in [0, 0.1) is 0 Å². The molecule has 20 heavy (non-hydrogen) atoms. The molecule has 0 saturated carbocycles. The van der Waals surface area contributed by atoms with E-state index in [1.807, 2.05) is 23.5 Å². The average Bonchev–Trinajstić information content (AvgIpc) is 2.91. The van der Waals surface area contributed by atoms with Crippen molar-refractivity contribution < 1.29 is 4.79 Å². The van der Waals surface area contributed by atoms with Crippen LogP contribution < -0.4 is 0 Å². The van der Waals surface area contributed by atoms with Crippen LogP contribution in [0.3, 0.4) is 0 Å². The second kappa shape index (κ2) is 5.68. The molecule has 2 heterocycles. The van der Waals surface area contributed by atoms with Gasteiger partial charge in [-0.05, 0) is 42.5 Å². The molecule has 1 atom stereocenters. The van der Waals surface area contributed by atoms with Crippen LogP contribution in [-0.4, -0.2) is 23.8 Å². The molecule has 1 aromatic carbocycles. The van der Waals surface area contributed by atoms with Crippen LogP contribution in [0.15, 0.2) is 35.7 Å². The van der Waals surface area contributed by atoms with Gasteiger partial charge in [-0.25, -0.2) is 0 Å². The molecule has 0 aliphatic carbocycles. The van der Waals surface area contributed by atoms with Gasteiger partial charge >= 0.3 is 0 Å². The van der Waals surface area contributed by atoms with Crippen LogP contribution in [0.2, 0.25) is 5.02 Å². The topological polar surface area (TPSA) is 20.3 Å². The summed E-state index contributed by atoms with van der Waals surface area (Å²) in [5.41, 5.74) is 1.99. The van der Waals surface area contributed by atoms with Crippen molar-refractivity contribution in [3.63, 3.8) is 0 Å². The van der Waals surface area contributed by atoms with E-state index in [1.54, 1.807) is 12.1 Å². The van der Waals surface area contributed by atoms with Crippen LogP contribution >= 0.6 is 22.9 Å². The first-order chi connectivity index (χ1) is 9.66. The lowest BCUT2D eigenvalue weighted by atomic mass is 10.0. The smallest absolute Gasteiger partial charge is 0.178 e. The van der Waals surface area contributed by atoms with Gasteiger partial charge in [-0.3, -0.25) is 9.69 Å². The SMILES string of the molecule is CC1c2ccsc2CCN1CC(=O)c1ccccc1Cl. The summed E-state index contributed by atoms with van der Waals surface area (Å²) in [7, 11) is 0. The van der Waals surface area contributed by atoms with Crippen LogP contribution in [0.25, 0.3) is 0 Å². The van der Waals surface area contributed by atoms with Crippen LogP contribution in [0.4, 0.5) is 0 Å². The fraction of sp³-hybridized carbons (Fsp3) is 0.312. The van der Waals surface area contributed by atoms with E-state index < -0.39 is 0 Å². The van der Waals surface area contributed by atoms with Crippen molar-refractivity contribution in [2.24, 2.45) is 0 Å². The van der Waals surface area contributed by atoms with E-state index in [-0.39, 0.29) is 5.78 Å². The third-order valence-electron chi connectivity index (χ3n) is 3.92. The van der Waals surface area contributed by atoms with Gasteiger partial charge in [0.15, 0.2) is 5.78 Å². The Morgan fingerprint density at radius 2 is 2.20 bits per heavy atom. The van der Waals surface area contributed by atoms with Gasteiger partial charge < -0.3 is 0 Å². The Hall–Kier alpha value is -1.16. The molecule has 4 heteroatoms. The normalized spacial score (nSPS) is 18.8. The van der Waals surface area contributed by atoms with Gasteiger partial charge in [-0.1, -0.05) is 23.7 Å². The van der Waals surface area contributed by atoms with Gasteiger partial charge in [-0.2, -0.15) is 0 Å². The first-order valence-corrected chi connectivity index (χ1v) is 8.00. The standard InChI is InChI=1S/C16H16ClNOS/c1-11-12-7-9-20-16(12)6-8-18(11)10-15(19)13-4-2-3-5-14(13)17/h2-5,7,9,11H,6,8,10H2,1H3. The van der Waals surface area contributed by atoms with Crippen molar-refractivity contribution in [3.8, 4) is 0 Å². The second-order valence-corrected chi connectivity index (χ2v) is 6.51. The van der Waals surface area contributed by atoms with Crippen molar-refractivity contribution in [3.05, 3.63) is 56.7 Å². The van der Waals surface area contributed by atoms with Gasteiger partial charge in [0.2, 0.25) is 0 Å².